The van der Waals surface area contributed by atoms with Crippen molar-refractivity contribution in [3.63, 3.8) is 0 Å². The molecule has 0 amide bonds. The Bertz CT molecular complexity index is 520. The van der Waals surface area contributed by atoms with Crippen LogP contribution in [0.25, 0.3) is 11.1 Å². The maximum absolute atomic E-state index is 6.27. The van der Waals surface area contributed by atoms with E-state index in [4.69, 9.17) is 11.6 Å². The van der Waals surface area contributed by atoms with Crippen molar-refractivity contribution in [1.29, 1.82) is 0 Å². The van der Waals surface area contributed by atoms with Crippen LogP contribution < -0.4 is 5.32 Å². The molecule has 2 rings (SSSR count). The number of nitrogens with one attached hydrogen (secondary N) is 1. The number of halogens is 1. The maximum atomic E-state index is 6.27. The monoisotopic (exact) mass is 259 g/mol. The van der Waals surface area contributed by atoms with Gasteiger partial charge in [-0.15, -0.1) is 0 Å². The largest absolute Gasteiger partial charge is 0.310 e. The highest BCUT2D eigenvalue weighted by Crippen LogP contribution is 2.30. The first-order valence-electron chi connectivity index (χ1n) is 6.24. The number of benzene rings is 2. The molecule has 0 bridgehead atoms. The molecule has 0 saturated heterocycles. The van der Waals surface area contributed by atoms with Crippen LogP contribution in [0.2, 0.25) is 5.02 Å². The Hall–Kier alpha value is -1.31. The van der Waals surface area contributed by atoms with Crippen molar-refractivity contribution in [1.82, 2.24) is 5.32 Å². The molecule has 0 unspecified atom stereocenters. The van der Waals surface area contributed by atoms with E-state index >= 15 is 0 Å². The number of hydrogen-bond acceptors (Lipinski definition) is 1. The first-order chi connectivity index (χ1) is 8.68. The molecule has 2 heteroatoms. The fourth-order valence-corrected chi connectivity index (χ4v) is 2.17. The minimum absolute atomic E-state index is 0.476. The average molecular weight is 260 g/mol. The Morgan fingerprint density at radius 1 is 0.944 bits per heavy atom. The molecule has 0 fully saturated rings. The first-order valence-corrected chi connectivity index (χ1v) is 6.62. The summed E-state index contributed by atoms with van der Waals surface area (Å²) in [7, 11) is 0. The van der Waals surface area contributed by atoms with Gasteiger partial charge in [0, 0.05) is 23.2 Å². The van der Waals surface area contributed by atoms with Gasteiger partial charge < -0.3 is 5.32 Å². The van der Waals surface area contributed by atoms with Crippen LogP contribution in [0.4, 0.5) is 0 Å². The highest BCUT2D eigenvalue weighted by atomic mass is 35.5. The lowest BCUT2D eigenvalue weighted by Crippen LogP contribution is -2.22. The van der Waals surface area contributed by atoms with Crippen LogP contribution in [-0.4, -0.2) is 6.04 Å². The van der Waals surface area contributed by atoms with Gasteiger partial charge in [0.1, 0.15) is 0 Å². The van der Waals surface area contributed by atoms with Gasteiger partial charge in [-0.1, -0.05) is 67.9 Å². The van der Waals surface area contributed by atoms with Crippen molar-refractivity contribution < 1.29 is 0 Å². The van der Waals surface area contributed by atoms with Gasteiger partial charge in [-0.25, -0.2) is 0 Å². The standard InChI is InChI=1S/C16H18ClN/c1-12(2)18-11-13-7-3-4-8-14(13)15-9-5-6-10-16(15)17/h3-10,12,18H,11H2,1-2H3. The molecular weight excluding hydrogens is 242 g/mol. The lowest BCUT2D eigenvalue weighted by Gasteiger charge is -2.13. The van der Waals surface area contributed by atoms with Crippen LogP contribution in [0.1, 0.15) is 19.4 Å². The van der Waals surface area contributed by atoms with Gasteiger partial charge in [0.15, 0.2) is 0 Å². The highest BCUT2D eigenvalue weighted by molar-refractivity contribution is 6.33. The molecule has 0 heterocycles. The Labute approximate surface area is 114 Å². The van der Waals surface area contributed by atoms with Crippen LogP contribution in [0, 0.1) is 0 Å². The lowest BCUT2D eigenvalue weighted by molar-refractivity contribution is 0.589. The topological polar surface area (TPSA) is 12.0 Å². The Kier molecular flexibility index (Phi) is 4.40. The number of rotatable bonds is 4. The summed E-state index contributed by atoms with van der Waals surface area (Å²) in [4.78, 5) is 0. The van der Waals surface area contributed by atoms with E-state index in [0.29, 0.717) is 6.04 Å². The molecular formula is C16H18ClN. The molecule has 1 nitrogen and oxygen atoms in total. The van der Waals surface area contributed by atoms with E-state index in [0.717, 1.165) is 17.1 Å². The third kappa shape index (κ3) is 3.12. The SMILES string of the molecule is CC(C)NCc1ccccc1-c1ccccc1Cl. The van der Waals surface area contributed by atoms with Crippen molar-refractivity contribution in [2.45, 2.75) is 26.4 Å². The molecule has 0 aliphatic carbocycles. The van der Waals surface area contributed by atoms with Gasteiger partial charge in [0.2, 0.25) is 0 Å². The summed E-state index contributed by atoms with van der Waals surface area (Å²) < 4.78 is 0. The zero-order valence-electron chi connectivity index (χ0n) is 10.8. The Morgan fingerprint density at radius 3 is 2.22 bits per heavy atom. The maximum Gasteiger partial charge on any atom is 0.0484 e. The minimum atomic E-state index is 0.476. The third-order valence-corrected chi connectivity index (χ3v) is 3.21. The summed E-state index contributed by atoms with van der Waals surface area (Å²) in [6, 6.07) is 16.8. The zero-order chi connectivity index (χ0) is 13.0. The highest BCUT2D eigenvalue weighted by Gasteiger charge is 2.07. The van der Waals surface area contributed by atoms with Gasteiger partial charge >= 0.3 is 0 Å². The van der Waals surface area contributed by atoms with Crippen molar-refractivity contribution in [2.75, 3.05) is 0 Å². The molecule has 0 atom stereocenters. The van der Waals surface area contributed by atoms with Crippen LogP contribution in [0.5, 0.6) is 0 Å². The van der Waals surface area contributed by atoms with Crippen LogP contribution in [0.15, 0.2) is 48.5 Å². The van der Waals surface area contributed by atoms with E-state index in [1.807, 2.05) is 18.2 Å². The average Bonchev–Trinajstić information content (AvgIpc) is 2.37. The minimum Gasteiger partial charge on any atom is -0.310 e. The van der Waals surface area contributed by atoms with Gasteiger partial charge in [-0.3, -0.25) is 0 Å². The summed E-state index contributed by atoms with van der Waals surface area (Å²) in [6.45, 7) is 5.16. The van der Waals surface area contributed by atoms with E-state index < -0.39 is 0 Å². The second kappa shape index (κ2) is 6.03. The predicted octanol–water partition coefficient (Wildman–Crippen LogP) is 4.51. The smallest absolute Gasteiger partial charge is 0.0484 e. The summed E-state index contributed by atoms with van der Waals surface area (Å²) in [5, 5.41) is 4.25. The van der Waals surface area contributed by atoms with E-state index in [1.54, 1.807) is 0 Å². The van der Waals surface area contributed by atoms with E-state index in [9.17, 15) is 0 Å². The predicted molar refractivity (Wildman–Crippen MR) is 78.9 cm³/mol. The van der Waals surface area contributed by atoms with Crippen molar-refractivity contribution >= 4 is 11.6 Å². The molecule has 1 N–H and O–H groups in total. The molecule has 2 aromatic rings. The molecule has 0 aliphatic heterocycles. The molecule has 0 spiro atoms. The molecule has 2 aromatic carbocycles. The third-order valence-electron chi connectivity index (χ3n) is 2.88. The summed E-state index contributed by atoms with van der Waals surface area (Å²) in [5.74, 6) is 0. The zero-order valence-corrected chi connectivity index (χ0v) is 11.5. The second-order valence-corrected chi connectivity index (χ2v) is 5.08. The van der Waals surface area contributed by atoms with Gasteiger partial charge in [-0.2, -0.15) is 0 Å². The molecule has 0 saturated carbocycles. The van der Waals surface area contributed by atoms with E-state index in [2.05, 4.69) is 49.5 Å². The molecule has 0 radical (unpaired) electrons. The summed E-state index contributed by atoms with van der Waals surface area (Å²) >= 11 is 6.27. The van der Waals surface area contributed by atoms with Crippen LogP contribution >= 0.6 is 11.6 Å². The van der Waals surface area contributed by atoms with Gasteiger partial charge in [0.05, 0.1) is 0 Å². The van der Waals surface area contributed by atoms with Crippen LogP contribution in [-0.2, 0) is 6.54 Å². The van der Waals surface area contributed by atoms with E-state index in [1.165, 1.54) is 11.1 Å². The molecule has 0 aromatic heterocycles. The fourth-order valence-electron chi connectivity index (χ4n) is 1.93. The quantitative estimate of drug-likeness (QED) is 0.852. The molecule has 94 valence electrons. The second-order valence-electron chi connectivity index (χ2n) is 4.67. The summed E-state index contributed by atoms with van der Waals surface area (Å²) in [6.07, 6.45) is 0. The Balaban J connectivity index is 2.36. The summed E-state index contributed by atoms with van der Waals surface area (Å²) in [5.41, 5.74) is 3.58. The van der Waals surface area contributed by atoms with Crippen molar-refractivity contribution in [2.24, 2.45) is 0 Å². The number of hydrogen-bond donors (Lipinski definition) is 1. The lowest BCUT2D eigenvalue weighted by atomic mass is 9.99. The molecule has 18 heavy (non-hydrogen) atoms. The fraction of sp³-hybridized carbons (Fsp3) is 0.250. The van der Waals surface area contributed by atoms with Crippen LogP contribution in [0.3, 0.4) is 0 Å². The molecule has 0 aliphatic rings. The first kappa shape index (κ1) is 13.1. The normalized spacial score (nSPS) is 10.9. The van der Waals surface area contributed by atoms with Gasteiger partial charge in [0.25, 0.3) is 0 Å². The van der Waals surface area contributed by atoms with Crippen molar-refractivity contribution in [3.8, 4) is 11.1 Å². The van der Waals surface area contributed by atoms with Crippen molar-refractivity contribution in [3.05, 3.63) is 59.1 Å². The Morgan fingerprint density at radius 2 is 1.56 bits per heavy atom. The van der Waals surface area contributed by atoms with Gasteiger partial charge in [-0.05, 0) is 17.2 Å². The van der Waals surface area contributed by atoms with E-state index in [-0.39, 0.29) is 0 Å².